The first-order chi connectivity index (χ1) is 10.8. The lowest BCUT2D eigenvalue weighted by molar-refractivity contribution is -0.122. The first-order valence-electron chi connectivity index (χ1n) is 7.55. The summed E-state index contributed by atoms with van der Waals surface area (Å²) < 4.78 is 1.76. The van der Waals surface area contributed by atoms with Gasteiger partial charge in [0.1, 0.15) is 10.9 Å². The van der Waals surface area contributed by atoms with Crippen LogP contribution in [0.1, 0.15) is 29.2 Å². The maximum absolute atomic E-state index is 12.3. The topological polar surface area (TPSA) is 102 Å². The molecule has 2 unspecified atom stereocenters. The molecule has 8 heteroatoms. The van der Waals surface area contributed by atoms with Gasteiger partial charge in [-0.3, -0.25) is 14.3 Å². The molecular weight excluding hydrogens is 314 g/mol. The molecule has 0 bridgehead atoms. The van der Waals surface area contributed by atoms with Gasteiger partial charge >= 0.3 is 0 Å². The molecule has 2 atom stereocenters. The molecule has 0 aliphatic rings. The minimum Gasteiger partial charge on any atom is -0.354 e. The third-order valence-corrected chi connectivity index (χ3v) is 4.89. The fourth-order valence-corrected chi connectivity index (χ4v) is 3.19. The van der Waals surface area contributed by atoms with E-state index < -0.39 is 6.04 Å². The highest BCUT2D eigenvalue weighted by molar-refractivity contribution is 7.20. The number of aryl methyl sites for hydroxylation is 2. The molecule has 2 heterocycles. The van der Waals surface area contributed by atoms with Gasteiger partial charge in [-0.25, -0.2) is 0 Å². The van der Waals surface area contributed by atoms with Gasteiger partial charge in [-0.2, -0.15) is 5.10 Å². The molecule has 2 aromatic rings. The van der Waals surface area contributed by atoms with Crippen molar-refractivity contribution in [3.63, 3.8) is 0 Å². The van der Waals surface area contributed by atoms with Gasteiger partial charge in [-0.15, -0.1) is 11.3 Å². The van der Waals surface area contributed by atoms with Gasteiger partial charge in [-0.1, -0.05) is 6.92 Å². The quantitative estimate of drug-likeness (QED) is 0.724. The molecule has 0 radical (unpaired) electrons. The van der Waals surface area contributed by atoms with Crippen molar-refractivity contribution in [3.05, 3.63) is 16.6 Å². The number of nitrogens with zero attached hydrogens (tertiary/aromatic N) is 2. The van der Waals surface area contributed by atoms with Crippen LogP contribution in [0, 0.1) is 12.8 Å². The van der Waals surface area contributed by atoms with E-state index in [4.69, 9.17) is 5.73 Å². The van der Waals surface area contributed by atoms with Gasteiger partial charge in [0.05, 0.1) is 10.6 Å². The Labute approximate surface area is 139 Å². The normalized spacial score (nSPS) is 13.8. The Morgan fingerprint density at radius 2 is 2.13 bits per heavy atom. The molecule has 0 aliphatic carbocycles. The number of fused-ring (bicyclic) bond motifs is 1. The van der Waals surface area contributed by atoms with Crippen LogP contribution in [0.15, 0.2) is 6.07 Å². The number of hydrogen-bond acceptors (Lipinski definition) is 5. The van der Waals surface area contributed by atoms with Crippen molar-refractivity contribution in [3.8, 4) is 0 Å². The predicted octanol–water partition coefficient (Wildman–Crippen LogP) is 0.773. The number of thiophene rings is 1. The largest absolute Gasteiger partial charge is 0.354 e. The van der Waals surface area contributed by atoms with Crippen LogP contribution in [0.2, 0.25) is 0 Å². The Balaban J connectivity index is 1.99. The van der Waals surface area contributed by atoms with Crippen LogP contribution in [-0.2, 0) is 11.8 Å². The maximum Gasteiger partial charge on any atom is 0.262 e. The highest BCUT2D eigenvalue weighted by Gasteiger charge is 2.20. The summed E-state index contributed by atoms with van der Waals surface area (Å²) in [5.74, 6) is -0.252. The molecular formula is C15H23N5O2S. The van der Waals surface area contributed by atoms with E-state index in [2.05, 4.69) is 15.7 Å². The zero-order valence-electron chi connectivity index (χ0n) is 13.8. The third-order valence-electron chi connectivity index (χ3n) is 3.69. The van der Waals surface area contributed by atoms with Crippen LogP contribution in [0.5, 0.6) is 0 Å². The van der Waals surface area contributed by atoms with Gasteiger partial charge in [-0.05, 0) is 32.4 Å². The number of carbonyl (C=O) groups is 2. The van der Waals surface area contributed by atoms with E-state index in [1.54, 1.807) is 11.6 Å². The first kappa shape index (κ1) is 17.4. The SMILES string of the molecule is Cc1nn(C)c2sc(C(=O)NC(C)C(=O)NCC(C)CN)cc12. The fourth-order valence-electron chi connectivity index (χ4n) is 2.16. The Kier molecular flexibility index (Phi) is 5.38. The van der Waals surface area contributed by atoms with Crippen LogP contribution < -0.4 is 16.4 Å². The van der Waals surface area contributed by atoms with Crippen molar-refractivity contribution in [1.82, 2.24) is 20.4 Å². The summed E-state index contributed by atoms with van der Waals surface area (Å²) in [5.41, 5.74) is 6.40. The van der Waals surface area contributed by atoms with Gasteiger partial charge in [0, 0.05) is 19.0 Å². The van der Waals surface area contributed by atoms with Crippen molar-refractivity contribution in [2.24, 2.45) is 18.7 Å². The van der Waals surface area contributed by atoms with Crippen LogP contribution >= 0.6 is 11.3 Å². The number of aromatic nitrogens is 2. The van der Waals surface area contributed by atoms with E-state index in [0.717, 1.165) is 15.9 Å². The molecule has 7 nitrogen and oxygen atoms in total. The second-order valence-electron chi connectivity index (χ2n) is 5.82. The van der Waals surface area contributed by atoms with Gasteiger partial charge in [0.15, 0.2) is 0 Å². The second-order valence-corrected chi connectivity index (χ2v) is 6.85. The van der Waals surface area contributed by atoms with E-state index in [1.807, 2.05) is 27.0 Å². The predicted molar refractivity (Wildman–Crippen MR) is 91.5 cm³/mol. The molecule has 0 fully saturated rings. The molecule has 2 aromatic heterocycles. The van der Waals surface area contributed by atoms with Gasteiger partial charge < -0.3 is 16.4 Å². The Hall–Kier alpha value is -1.93. The lowest BCUT2D eigenvalue weighted by Gasteiger charge is -2.15. The number of nitrogens with two attached hydrogens (primary N) is 1. The molecule has 0 saturated heterocycles. The van der Waals surface area contributed by atoms with Crippen molar-refractivity contribution in [2.75, 3.05) is 13.1 Å². The Bertz CT molecular complexity index is 686. The summed E-state index contributed by atoms with van der Waals surface area (Å²) >= 11 is 1.37. The monoisotopic (exact) mass is 337 g/mol. The van der Waals surface area contributed by atoms with Crippen LogP contribution in [0.3, 0.4) is 0 Å². The second kappa shape index (κ2) is 7.10. The third kappa shape index (κ3) is 3.89. The molecule has 0 spiro atoms. The smallest absolute Gasteiger partial charge is 0.262 e. The maximum atomic E-state index is 12.3. The van der Waals surface area contributed by atoms with Crippen LogP contribution in [0.25, 0.3) is 10.2 Å². The highest BCUT2D eigenvalue weighted by atomic mass is 32.1. The molecule has 0 aliphatic heterocycles. The average Bonchev–Trinajstić information content (AvgIpc) is 3.06. The van der Waals surface area contributed by atoms with E-state index in [1.165, 1.54) is 11.3 Å². The average molecular weight is 337 g/mol. The number of nitrogens with one attached hydrogen (secondary N) is 2. The van der Waals surface area contributed by atoms with E-state index in [0.29, 0.717) is 18.0 Å². The van der Waals surface area contributed by atoms with E-state index >= 15 is 0 Å². The lowest BCUT2D eigenvalue weighted by atomic mass is 10.2. The van der Waals surface area contributed by atoms with E-state index in [-0.39, 0.29) is 17.7 Å². The molecule has 0 saturated carbocycles. The first-order valence-corrected chi connectivity index (χ1v) is 8.37. The molecule has 126 valence electrons. The molecule has 4 N–H and O–H groups in total. The summed E-state index contributed by atoms with van der Waals surface area (Å²) in [4.78, 5) is 25.8. The van der Waals surface area contributed by atoms with Crippen molar-refractivity contribution >= 4 is 33.4 Å². The van der Waals surface area contributed by atoms with Crippen LogP contribution in [-0.4, -0.2) is 40.7 Å². The number of rotatable bonds is 6. The number of carbonyl (C=O) groups excluding carboxylic acids is 2. The highest BCUT2D eigenvalue weighted by Crippen LogP contribution is 2.27. The standard InChI is InChI=1S/C15H23N5O2S/c1-8(6-16)7-17-13(21)10(3)18-14(22)12-5-11-9(2)19-20(4)15(11)23-12/h5,8,10H,6-7,16H2,1-4H3,(H,17,21)(H,18,22). The van der Waals surface area contributed by atoms with Crippen molar-refractivity contribution < 1.29 is 9.59 Å². The summed E-state index contributed by atoms with van der Waals surface area (Å²) in [7, 11) is 1.85. The van der Waals surface area contributed by atoms with Gasteiger partial charge in [0.2, 0.25) is 5.91 Å². The number of hydrogen-bond donors (Lipinski definition) is 3. The minimum absolute atomic E-state index is 0.208. The molecule has 2 rings (SSSR count). The number of amides is 2. The zero-order chi connectivity index (χ0) is 17.1. The lowest BCUT2D eigenvalue weighted by Crippen LogP contribution is -2.46. The van der Waals surface area contributed by atoms with Crippen LogP contribution in [0.4, 0.5) is 0 Å². The minimum atomic E-state index is -0.600. The molecule has 2 amide bonds. The Morgan fingerprint density at radius 3 is 2.74 bits per heavy atom. The van der Waals surface area contributed by atoms with E-state index in [9.17, 15) is 9.59 Å². The Morgan fingerprint density at radius 1 is 1.43 bits per heavy atom. The zero-order valence-corrected chi connectivity index (χ0v) is 14.7. The van der Waals surface area contributed by atoms with Crippen molar-refractivity contribution in [1.29, 1.82) is 0 Å². The van der Waals surface area contributed by atoms with Crippen molar-refractivity contribution in [2.45, 2.75) is 26.8 Å². The summed E-state index contributed by atoms with van der Waals surface area (Å²) in [6.45, 7) is 6.54. The summed E-state index contributed by atoms with van der Waals surface area (Å²) in [6, 6.07) is 1.22. The summed E-state index contributed by atoms with van der Waals surface area (Å²) in [6.07, 6.45) is 0. The summed E-state index contributed by atoms with van der Waals surface area (Å²) in [5, 5.41) is 10.8. The molecule has 23 heavy (non-hydrogen) atoms. The van der Waals surface area contributed by atoms with Gasteiger partial charge in [0.25, 0.3) is 5.91 Å². The molecule has 0 aromatic carbocycles. The fraction of sp³-hybridized carbons (Fsp3) is 0.533.